The fourth-order valence-corrected chi connectivity index (χ4v) is 2.11. The van der Waals surface area contributed by atoms with Gasteiger partial charge in [-0.25, -0.2) is 4.98 Å². The lowest BCUT2D eigenvalue weighted by atomic mass is 10.1. The third-order valence-electron chi connectivity index (χ3n) is 3.12. The Morgan fingerprint density at radius 2 is 1.71 bits per heavy atom. The third kappa shape index (κ3) is 2.91. The number of nitrogens with zero attached hydrogens (tertiary/aromatic N) is 4. The van der Waals surface area contributed by atoms with Crippen molar-refractivity contribution in [2.24, 2.45) is 5.11 Å². The average molecular weight is 272 g/mol. The van der Waals surface area contributed by atoms with E-state index in [1.165, 1.54) is 0 Å². The predicted molar refractivity (Wildman–Crippen MR) is 85.9 cm³/mol. The van der Waals surface area contributed by atoms with Crippen LogP contribution in [0.4, 0.5) is 5.69 Å². The molecule has 1 aromatic heterocycles. The number of rotatable bonds is 3. The Balaban J connectivity index is 2.09. The van der Waals surface area contributed by atoms with Gasteiger partial charge >= 0.3 is 0 Å². The number of azide groups is 1. The minimum absolute atomic E-state index is 0.531. The molecule has 0 aliphatic heterocycles. The summed E-state index contributed by atoms with van der Waals surface area (Å²) >= 11 is 0. The molecule has 0 radical (unpaired) electrons. The van der Waals surface area contributed by atoms with Crippen LogP contribution in [0, 0.1) is 0 Å². The van der Waals surface area contributed by atoms with E-state index in [1.807, 2.05) is 72.8 Å². The van der Waals surface area contributed by atoms with E-state index < -0.39 is 0 Å². The highest BCUT2D eigenvalue weighted by molar-refractivity contribution is 5.85. The first-order valence-electron chi connectivity index (χ1n) is 6.55. The third-order valence-corrected chi connectivity index (χ3v) is 3.12. The van der Waals surface area contributed by atoms with Gasteiger partial charge in [0, 0.05) is 10.3 Å². The Bertz CT molecular complexity index is 847. The van der Waals surface area contributed by atoms with Gasteiger partial charge < -0.3 is 0 Å². The maximum atomic E-state index is 8.71. The van der Waals surface area contributed by atoms with E-state index in [1.54, 1.807) is 0 Å². The highest BCUT2D eigenvalue weighted by atomic mass is 15.1. The van der Waals surface area contributed by atoms with Gasteiger partial charge in [-0.15, -0.1) is 0 Å². The summed E-state index contributed by atoms with van der Waals surface area (Å²) in [6, 6.07) is 19.5. The number of benzene rings is 2. The fraction of sp³-hybridized carbons (Fsp3) is 0. The SMILES string of the molecule is [N-]=[N+]=Nc1cc2ccccc2nc1C=Cc1ccccc1. The fourth-order valence-electron chi connectivity index (χ4n) is 2.11. The molecule has 0 N–H and O–H groups in total. The standard InChI is InChI=1S/C17H12N4/c18-21-20-17-12-14-8-4-5-9-15(14)19-16(17)11-10-13-6-2-1-3-7-13/h1-12H. The molecule has 0 bridgehead atoms. The van der Waals surface area contributed by atoms with Gasteiger partial charge in [0.05, 0.1) is 16.9 Å². The Kier molecular flexibility index (Phi) is 3.63. The molecule has 0 aliphatic rings. The topological polar surface area (TPSA) is 61.7 Å². The summed E-state index contributed by atoms with van der Waals surface area (Å²) in [6.45, 7) is 0. The molecule has 0 fully saturated rings. The second-order valence-corrected chi connectivity index (χ2v) is 4.52. The summed E-state index contributed by atoms with van der Waals surface area (Å²) in [5.41, 5.74) is 11.8. The summed E-state index contributed by atoms with van der Waals surface area (Å²) in [5, 5.41) is 4.69. The van der Waals surface area contributed by atoms with Crippen LogP contribution in [0.1, 0.15) is 11.3 Å². The predicted octanol–water partition coefficient (Wildman–Crippen LogP) is 5.35. The van der Waals surface area contributed by atoms with E-state index in [0.29, 0.717) is 11.4 Å². The van der Waals surface area contributed by atoms with Crippen LogP contribution in [-0.4, -0.2) is 4.98 Å². The normalized spacial score (nSPS) is 10.7. The van der Waals surface area contributed by atoms with E-state index in [4.69, 9.17) is 5.53 Å². The van der Waals surface area contributed by atoms with Crippen LogP contribution >= 0.6 is 0 Å². The summed E-state index contributed by atoms with van der Waals surface area (Å²) < 4.78 is 0. The highest BCUT2D eigenvalue weighted by Gasteiger charge is 2.02. The highest BCUT2D eigenvalue weighted by Crippen LogP contribution is 2.25. The maximum Gasteiger partial charge on any atom is 0.0733 e. The maximum absolute atomic E-state index is 8.71. The molecule has 4 nitrogen and oxygen atoms in total. The molecule has 0 amide bonds. The van der Waals surface area contributed by atoms with Gasteiger partial charge in [0.25, 0.3) is 0 Å². The van der Waals surface area contributed by atoms with Crippen molar-refractivity contribution in [2.75, 3.05) is 0 Å². The van der Waals surface area contributed by atoms with E-state index in [-0.39, 0.29) is 0 Å². The Morgan fingerprint density at radius 3 is 2.52 bits per heavy atom. The molecule has 0 saturated heterocycles. The lowest BCUT2D eigenvalue weighted by Crippen LogP contribution is -1.84. The van der Waals surface area contributed by atoms with Gasteiger partial charge in [0.2, 0.25) is 0 Å². The molecule has 0 atom stereocenters. The molecule has 2 aromatic carbocycles. The smallest absolute Gasteiger partial charge is 0.0733 e. The molecule has 0 saturated carbocycles. The van der Waals surface area contributed by atoms with Crippen LogP contribution in [0.5, 0.6) is 0 Å². The van der Waals surface area contributed by atoms with Crippen molar-refractivity contribution in [3.63, 3.8) is 0 Å². The van der Waals surface area contributed by atoms with Crippen LogP contribution in [0.25, 0.3) is 33.5 Å². The van der Waals surface area contributed by atoms with Gasteiger partial charge in [-0.1, -0.05) is 59.7 Å². The van der Waals surface area contributed by atoms with Crippen LogP contribution in [0.3, 0.4) is 0 Å². The first-order chi connectivity index (χ1) is 10.4. The molecule has 3 aromatic rings. The summed E-state index contributed by atoms with van der Waals surface area (Å²) in [5.74, 6) is 0. The first kappa shape index (κ1) is 12.9. The second-order valence-electron chi connectivity index (χ2n) is 4.52. The molecule has 0 spiro atoms. The summed E-state index contributed by atoms with van der Waals surface area (Å²) in [6.07, 6.45) is 3.82. The lowest BCUT2D eigenvalue weighted by molar-refractivity contribution is 1.33. The Labute approximate surface area is 122 Å². The molecule has 1 heterocycles. The van der Waals surface area contributed by atoms with Gasteiger partial charge in [-0.3, -0.25) is 0 Å². The number of aromatic nitrogens is 1. The number of pyridine rings is 1. The Morgan fingerprint density at radius 1 is 0.952 bits per heavy atom. The number of para-hydroxylation sites is 1. The quantitative estimate of drug-likeness (QED) is 0.360. The van der Waals surface area contributed by atoms with Crippen LogP contribution in [-0.2, 0) is 0 Å². The van der Waals surface area contributed by atoms with Gasteiger partial charge in [-0.2, -0.15) is 0 Å². The Hall–Kier alpha value is -3.10. The van der Waals surface area contributed by atoms with Crippen LogP contribution in [0.15, 0.2) is 65.8 Å². The largest absolute Gasteiger partial charge is 0.248 e. The van der Waals surface area contributed by atoms with Crippen molar-refractivity contribution in [3.8, 4) is 0 Å². The molecular formula is C17H12N4. The summed E-state index contributed by atoms with van der Waals surface area (Å²) in [7, 11) is 0. The second kappa shape index (κ2) is 5.90. The minimum atomic E-state index is 0.531. The van der Waals surface area contributed by atoms with Crippen molar-refractivity contribution >= 4 is 28.7 Å². The molecule has 100 valence electrons. The number of fused-ring (bicyclic) bond motifs is 1. The monoisotopic (exact) mass is 272 g/mol. The van der Waals surface area contributed by atoms with Crippen molar-refractivity contribution in [2.45, 2.75) is 0 Å². The van der Waals surface area contributed by atoms with E-state index in [9.17, 15) is 0 Å². The molecule has 0 unspecified atom stereocenters. The van der Waals surface area contributed by atoms with Crippen molar-refractivity contribution in [3.05, 3.63) is 82.4 Å². The zero-order valence-corrected chi connectivity index (χ0v) is 11.2. The van der Waals surface area contributed by atoms with Crippen molar-refractivity contribution < 1.29 is 0 Å². The zero-order valence-electron chi connectivity index (χ0n) is 11.2. The first-order valence-corrected chi connectivity index (χ1v) is 6.55. The number of hydrogen-bond donors (Lipinski definition) is 0. The number of hydrogen-bond acceptors (Lipinski definition) is 2. The van der Waals surface area contributed by atoms with E-state index in [0.717, 1.165) is 16.5 Å². The average Bonchev–Trinajstić information content (AvgIpc) is 2.54. The lowest BCUT2D eigenvalue weighted by Gasteiger charge is -2.03. The molecule has 4 heteroatoms. The van der Waals surface area contributed by atoms with Gasteiger partial charge in [-0.05, 0) is 29.3 Å². The molecule has 3 rings (SSSR count). The molecule has 21 heavy (non-hydrogen) atoms. The van der Waals surface area contributed by atoms with Crippen molar-refractivity contribution in [1.29, 1.82) is 0 Å². The summed E-state index contributed by atoms with van der Waals surface area (Å²) in [4.78, 5) is 7.44. The van der Waals surface area contributed by atoms with Crippen LogP contribution < -0.4 is 0 Å². The van der Waals surface area contributed by atoms with E-state index >= 15 is 0 Å². The van der Waals surface area contributed by atoms with Crippen molar-refractivity contribution in [1.82, 2.24) is 4.98 Å². The van der Waals surface area contributed by atoms with Gasteiger partial charge in [0.1, 0.15) is 0 Å². The minimum Gasteiger partial charge on any atom is -0.248 e. The van der Waals surface area contributed by atoms with Crippen LogP contribution in [0.2, 0.25) is 0 Å². The van der Waals surface area contributed by atoms with E-state index in [2.05, 4.69) is 15.0 Å². The van der Waals surface area contributed by atoms with Gasteiger partial charge in [0.15, 0.2) is 0 Å². The zero-order chi connectivity index (χ0) is 14.5. The molecule has 0 aliphatic carbocycles. The molecular weight excluding hydrogens is 260 g/mol.